The van der Waals surface area contributed by atoms with Gasteiger partial charge in [-0.15, -0.1) is 0 Å². The summed E-state index contributed by atoms with van der Waals surface area (Å²) < 4.78 is 10.3. The molecule has 0 aliphatic heterocycles. The second-order valence-corrected chi connectivity index (χ2v) is 8.52. The summed E-state index contributed by atoms with van der Waals surface area (Å²) in [6.07, 6.45) is 7.46. The normalized spacial score (nSPS) is 18.0. The predicted octanol–water partition coefficient (Wildman–Crippen LogP) is 3.53. The number of methoxy groups -OCH3 is 1. The summed E-state index contributed by atoms with van der Waals surface area (Å²) in [5, 5.41) is 7.37. The van der Waals surface area contributed by atoms with E-state index in [4.69, 9.17) is 9.26 Å². The van der Waals surface area contributed by atoms with Crippen LogP contribution in [-0.2, 0) is 22.4 Å². The molecule has 8 nitrogen and oxygen atoms in total. The third kappa shape index (κ3) is 5.34. The third-order valence-corrected chi connectivity index (χ3v) is 6.23. The number of hydrogen-bond donors (Lipinski definition) is 3. The van der Waals surface area contributed by atoms with Gasteiger partial charge in [-0.1, -0.05) is 30.3 Å². The van der Waals surface area contributed by atoms with Crippen LogP contribution >= 0.6 is 0 Å². The summed E-state index contributed by atoms with van der Waals surface area (Å²) in [4.78, 5) is 17.8. The summed E-state index contributed by atoms with van der Waals surface area (Å²) in [5.74, 6) is 1.22. The molecule has 2 aliphatic carbocycles. The molecule has 3 N–H and O–H groups in total. The monoisotopic (exact) mass is 451 g/mol. The van der Waals surface area contributed by atoms with E-state index in [-0.39, 0.29) is 11.9 Å². The molecule has 1 heterocycles. The van der Waals surface area contributed by atoms with Crippen LogP contribution in [0.3, 0.4) is 0 Å². The van der Waals surface area contributed by atoms with E-state index in [1.54, 1.807) is 7.11 Å². The molecule has 33 heavy (non-hydrogen) atoms. The zero-order chi connectivity index (χ0) is 23.2. The fraction of sp³-hybridized carbons (Fsp3) is 0.480. The number of carbonyl (C=O) groups excluding carboxylic acids is 1. The summed E-state index contributed by atoms with van der Waals surface area (Å²) in [5.41, 5.74) is 12.4. The summed E-state index contributed by atoms with van der Waals surface area (Å²) >= 11 is 0. The molecule has 1 aromatic carbocycles. The zero-order valence-electron chi connectivity index (χ0n) is 19.7. The molecule has 1 aromatic heterocycles. The van der Waals surface area contributed by atoms with Gasteiger partial charge in [0.05, 0.1) is 18.2 Å². The van der Waals surface area contributed by atoms with Gasteiger partial charge in [-0.05, 0) is 61.8 Å². The summed E-state index contributed by atoms with van der Waals surface area (Å²) in [6.45, 7) is 5.27. The van der Waals surface area contributed by atoms with E-state index < -0.39 is 0 Å². The first-order valence-corrected chi connectivity index (χ1v) is 11.8. The van der Waals surface area contributed by atoms with Crippen LogP contribution in [0.2, 0.25) is 0 Å². The molecule has 0 saturated carbocycles. The molecule has 0 fully saturated rings. The molecule has 1 amide bonds. The largest absolute Gasteiger partial charge is 0.383 e. The quantitative estimate of drug-likeness (QED) is 0.396. The summed E-state index contributed by atoms with van der Waals surface area (Å²) in [7, 11) is 1.67. The molecule has 2 aromatic rings. The average Bonchev–Trinajstić information content (AvgIpc) is 3.41. The Morgan fingerprint density at radius 3 is 2.97 bits per heavy atom. The van der Waals surface area contributed by atoms with Crippen LogP contribution in [0.25, 0.3) is 11.4 Å². The first-order valence-electron chi connectivity index (χ1n) is 11.8. The Morgan fingerprint density at radius 1 is 1.30 bits per heavy atom. The zero-order valence-corrected chi connectivity index (χ0v) is 19.7. The highest BCUT2D eigenvalue weighted by atomic mass is 16.5. The molecule has 0 radical (unpaired) electrons. The van der Waals surface area contributed by atoms with Gasteiger partial charge < -0.3 is 20.0 Å². The average molecular weight is 452 g/mol. The number of carbonyl (C=O) groups is 1. The van der Waals surface area contributed by atoms with Crippen molar-refractivity contribution in [3.05, 3.63) is 58.1 Å². The number of aryl methyl sites for hydroxylation is 2. The number of nitrogens with one attached hydrogen (secondary N) is 3. The van der Waals surface area contributed by atoms with Crippen molar-refractivity contribution in [1.29, 1.82) is 0 Å². The Balaban J connectivity index is 1.50. The second kappa shape index (κ2) is 10.8. The molecule has 8 heteroatoms. The fourth-order valence-corrected chi connectivity index (χ4v) is 4.48. The second-order valence-electron chi connectivity index (χ2n) is 8.52. The molecule has 176 valence electrons. The van der Waals surface area contributed by atoms with Gasteiger partial charge in [-0.2, -0.15) is 4.98 Å². The summed E-state index contributed by atoms with van der Waals surface area (Å²) in [6, 6.07) is 6.20. The number of nitrogens with zero attached hydrogens (tertiary/aromatic N) is 2. The van der Waals surface area contributed by atoms with E-state index in [1.807, 2.05) is 19.9 Å². The van der Waals surface area contributed by atoms with Gasteiger partial charge in [0.1, 0.15) is 0 Å². The highest BCUT2D eigenvalue weighted by molar-refractivity contribution is 5.98. The molecule has 2 aliphatic rings. The Kier molecular flexibility index (Phi) is 7.57. The lowest BCUT2D eigenvalue weighted by molar-refractivity contribution is -0.118. The molecule has 0 bridgehead atoms. The molecular formula is C25H33N5O3. The molecular weight excluding hydrogens is 418 g/mol. The van der Waals surface area contributed by atoms with Crippen molar-refractivity contribution in [1.82, 2.24) is 26.3 Å². The molecule has 0 saturated heterocycles. The lowest BCUT2D eigenvalue weighted by Gasteiger charge is -2.20. The van der Waals surface area contributed by atoms with Crippen molar-refractivity contribution < 1.29 is 14.1 Å². The molecule has 0 unspecified atom stereocenters. The number of hydrazine groups is 1. The van der Waals surface area contributed by atoms with Crippen molar-refractivity contribution in [2.24, 2.45) is 0 Å². The minimum atomic E-state index is -0.0330. The first-order chi connectivity index (χ1) is 16.1. The van der Waals surface area contributed by atoms with Crippen LogP contribution in [0.4, 0.5) is 0 Å². The molecule has 4 rings (SSSR count). The van der Waals surface area contributed by atoms with Crippen LogP contribution in [0, 0.1) is 0 Å². The lowest BCUT2D eigenvalue weighted by Crippen LogP contribution is -2.37. The van der Waals surface area contributed by atoms with Crippen molar-refractivity contribution in [3.63, 3.8) is 0 Å². The maximum atomic E-state index is 13.4. The van der Waals surface area contributed by atoms with Crippen LogP contribution in [0.1, 0.15) is 62.6 Å². The van der Waals surface area contributed by atoms with Gasteiger partial charge in [0.25, 0.3) is 5.91 Å². The smallest absolute Gasteiger partial charge is 0.253 e. The van der Waals surface area contributed by atoms with E-state index in [0.29, 0.717) is 31.3 Å². The Hall–Kier alpha value is -2.97. The van der Waals surface area contributed by atoms with Crippen molar-refractivity contribution in [2.75, 3.05) is 20.3 Å². The number of amides is 1. The number of allylic oxidation sites excluding steroid dienone is 2. The van der Waals surface area contributed by atoms with Gasteiger partial charge in [-0.25, -0.2) is 5.43 Å². The minimum Gasteiger partial charge on any atom is -0.383 e. The standard InChI is InChI=1S/C25H33N5O3/c1-4-22-28-24(30-33-22)18-9-11-19-17(15-18)10-12-20(19)27-25(31)23-16(2)7-5-6-8-21(23)29-26-13-14-32-3/h7,9,11,15,20,26,29H,4-6,8,10,12-14H2,1-3H3,(H,27,31)/t20-/m1/s1. The number of hydrogen-bond acceptors (Lipinski definition) is 7. The number of fused-ring (bicyclic) bond motifs is 1. The van der Waals surface area contributed by atoms with Gasteiger partial charge in [-0.3, -0.25) is 4.79 Å². The fourth-order valence-electron chi connectivity index (χ4n) is 4.48. The van der Waals surface area contributed by atoms with E-state index in [1.165, 1.54) is 5.56 Å². The molecule has 1 atom stereocenters. The van der Waals surface area contributed by atoms with Crippen LogP contribution in [-0.4, -0.2) is 36.3 Å². The van der Waals surface area contributed by atoms with Gasteiger partial charge in [0.15, 0.2) is 0 Å². The number of benzene rings is 1. The predicted molar refractivity (Wildman–Crippen MR) is 126 cm³/mol. The number of aromatic nitrogens is 2. The molecule has 0 spiro atoms. The van der Waals surface area contributed by atoms with Gasteiger partial charge >= 0.3 is 0 Å². The number of rotatable bonds is 9. The van der Waals surface area contributed by atoms with Crippen molar-refractivity contribution in [3.8, 4) is 11.4 Å². The SMILES string of the molecule is CCc1nc(-c2ccc3c(c2)CC[C@H]3NC(=O)C2=C(NNCCOC)CCCC=C2C)no1. The van der Waals surface area contributed by atoms with Gasteiger partial charge in [0, 0.05) is 31.3 Å². The lowest BCUT2D eigenvalue weighted by atomic mass is 10.0. The highest BCUT2D eigenvalue weighted by Gasteiger charge is 2.28. The van der Waals surface area contributed by atoms with E-state index in [9.17, 15) is 4.79 Å². The topological polar surface area (TPSA) is 101 Å². The van der Waals surface area contributed by atoms with Crippen molar-refractivity contribution in [2.45, 2.75) is 58.4 Å². The van der Waals surface area contributed by atoms with E-state index in [2.05, 4.69) is 44.5 Å². The van der Waals surface area contributed by atoms with E-state index in [0.717, 1.165) is 60.1 Å². The number of ether oxygens (including phenoxy) is 1. The Morgan fingerprint density at radius 2 is 2.18 bits per heavy atom. The maximum absolute atomic E-state index is 13.4. The van der Waals surface area contributed by atoms with Crippen LogP contribution < -0.4 is 16.2 Å². The van der Waals surface area contributed by atoms with Crippen LogP contribution in [0.15, 0.2) is 45.6 Å². The van der Waals surface area contributed by atoms with Crippen molar-refractivity contribution >= 4 is 5.91 Å². The Labute approximate surface area is 194 Å². The highest BCUT2D eigenvalue weighted by Crippen LogP contribution is 2.34. The van der Waals surface area contributed by atoms with E-state index >= 15 is 0 Å². The maximum Gasteiger partial charge on any atom is 0.253 e. The minimum absolute atomic E-state index is 0.00993. The Bertz CT molecular complexity index is 1060. The third-order valence-electron chi connectivity index (χ3n) is 6.23. The van der Waals surface area contributed by atoms with Gasteiger partial charge in [0.2, 0.25) is 11.7 Å². The first kappa shape index (κ1) is 23.2. The van der Waals surface area contributed by atoms with Crippen LogP contribution in [0.5, 0.6) is 0 Å².